The Kier molecular flexibility index (Phi) is 5.73. The predicted octanol–water partition coefficient (Wildman–Crippen LogP) is 2.47. The van der Waals surface area contributed by atoms with Crippen molar-refractivity contribution in [3.63, 3.8) is 0 Å². The molecule has 1 aliphatic heterocycles. The number of hydrogen-bond acceptors (Lipinski definition) is 8. The van der Waals surface area contributed by atoms with Gasteiger partial charge in [0.15, 0.2) is 5.82 Å². The van der Waals surface area contributed by atoms with Crippen molar-refractivity contribution in [3.8, 4) is 11.3 Å². The minimum absolute atomic E-state index is 0.197. The molecule has 10 heteroatoms. The molecule has 164 valence electrons. The van der Waals surface area contributed by atoms with Gasteiger partial charge >= 0.3 is 6.09 Å². The lowest BCUT2D eigenvalue weighted by atomic mass is 10.2. The van der Waals surface area contributed by atoms with Crippen LogP contribution >= 0.6 is 0 Å². The summed E-state index contributed by atoms with van der Waals surface area (Å²) in [6.07, 6.45) is 6.43. The second kappa shape index (κ2) is 8.46. The maximum atomic E-state index is 12.4. The first-order valence-electron chi connectivity index (χ1n) is 10.2. The van der Waals surface area contributed by atoms with Crippen molar-refractivity contribution < 1.29 is 14.3 Å². The van der Waals surface area contributed by atoms with Gasteiger partial charge in [0.05, 0.1) is 36.7 Å². The largest absolute Gasteiger partial charge is 0.444 e. The van der Waals surface area contributed by atoms with E-state index >= 15 is 0 Å². The number of carbonyl (C=O) groups excluding carboxylic acids is 1. The lowest BCUT2D eigenvalue weighted by molar-refractivity contribution is -0.0371. The van der Waals surface area contributed by atoms with Crippen LogP contribution in [0.2, 0.25) is 0 Å². The van der Waals surface area contributed by atoms with Crippen molar-refractivity contribution in [2.24, 2.45) is 7.05 Å². The zero-order chi connectivity index (χ0) is 22.0. The second-order valence-corrected chi connectivity index (χ2v) is 8.48. The Hall–Kier alpha value is -3.27. The van der Waals surface area contributed by atoms with E-state index in [4.69, 9.17) is 14.5 Å². The first kappa shape index (κ1) is 21.0. The van der Waals surface area contributed by atoms with Crippen LogP contribution in [0.15, 0.2) is 30.9 Å². The average molecular weight is 425 g/mol. The lowest BCUT2D eigenvalue weighted by Crippen LogP contribution is -2.49. The van der Waals surface area contributed by atoms with E-state index in [0.717, 1.165) is 16.8 Å². The van der Waals surface area contributed by atoms with Crippen LogP contribution < -0.4 is 5.32 Å². The molecule has 31 heavy (non-hydrogen) atoms. The van der Waals surface area contributed by atoms with E-state index in [9.17, 15) is 4.79 Å². The molecule has 3 aromatic rings. The fourth-order valence-corrected chi connectivity index (χ4v) is 3.34. The molecule has 1 unspecified atom stereocenters. The van der Waals surface area contributed by atoms with Crippen molar-refractivity contribution in [1.82, 2.24) is 29.6 Å². The van der Waals surface area contributed by atoms with Gasteiger partial charge in [0.2, 0.25) is 0 Å². The number of ether oxygens (including phenoxy) is 2. The van der Waals surface area contributed by atoms with Crippen LogP contribution in [0.3, 0.4) is 0 Å². The monoisotopic (exact) mass is 425 g/mol. The average Bonchev–Trinajstić information content (AvgIpc) is 3.17. The van der Waals surface area contributed by atoms with E-state index in [-0.39, 0.29) is 12.2 Å². The van der Waals surface area contributed by atoms with Gasteiger partial charge in [-0.05, 0) is 26.8 Å². The lowest BCUT2D eigenvalue weighted by Gasteiger charge is -2.34. The van der Waals surface area contributed by atoms with Crippen LogP contribution in [0.4, 0.5) is 10.6 Å². The van der Waals surface area contributed by atoms with Crippen molar-refractivity contribution in [2.75, 3.05) is 31.6 Å². The van der Waals surface area contributed by atoms with E-state index < -0.39 is 5.60 Å². The van der Waals surface area contributed by atoms with Crippen molar-refractivity contribution >= 4 is 22.9 Å². The Balaban J connectivity index is 1.50. The highest BCUT2D eigenvalue weighted by Gasteiger charge is 2.28. The number of pyridine rings is 1. The minimum Gasteiger partial charge on any atom is -0.444 e. The molecule has 0 radical (unpaired) electrons. The normalized spacial score (nSPS) is 17.0. The minimum atomic E-state index is -0.530. The number of nitrogens with zero attached hydrogens (tertiary/aromatic N) is 6. The van der Waals surface area contributed by atoms with E-state index in [0.29, 0.717) is 37.6 Å². The van der Waals surface area contributed by atoms with Crippen LogP contribution in [0.5, 0.6) is 0 Å². The quantitative estimate of drug-likeness (QED) is 0.679. The molecule has 0 saturated carbocycles. The molecule has 1 N–H and O–H groups in total. The topological polar surface area (TPSA) is 107 Å². The van der Waals surface area contributed by atoms with Crippen LogP contribution in [-0.2, 0) is 16.5 Å². The van der Waals surface area contributed by atoms with E-state index in [1.54, 1.807) is 28.2 Å². The highest BCUT2D eigenvalue weighted by atomic mass is 16.6. The smallest absolute Gasteiger partial charge is 0.410 e. The number of aryl methyl sites for hydroxylation is 1. The molecule has 10 nitrogen and oxygen atoms in total. The number of nitrogens with one attached hydrogen (secondary N) is 1. The van der Waals surface area contributed by atoms with Crippen LogP contribution in [0, 0.1) is 0 Å². The van der Waals surface area contributed by atoms with Crippen LogP contribution in [0.25, 0.3) is 22.3 Å². The van der Waals surface area contributed by atoms with Gasteiger partial charge in [0.1, 0.15) is 11.1 Å². The highest BCUT2D eigenvalue weighted by Crippen LogP contribution is 2.25. The van der Waals surface area contributed by atoms with E-state index in [2.05, 4.69) is 20.4 Å². The number of carbonyl (C=O) groups is 1. The number of morpholine rings is 1. The summed E-state index contributed by atoms with van der Waals surface area (Å²) in [7, 11) is 1.86. The molecule has 0 spiro atoms. The molecule has 0 aliphatic carbocycles. The van der Waals surface area contributed by atoms with Gasteiger partial charge < -0.3 is 19.7 Å². The van der Waals surface area contributed by atoms with Gasteiger partial charge in [-0.2, -0.15) is 5.10 Å². The van der Waals surface area contributed by atoms with Gasteiger partial charge in [-0.15, -0.1) is 0 Å². The number of fused-ring (bicyclic) bond motifs is 1. The summed E-state index contributed by atoms with van der Waals surface area (Å²) in [6.45, 7) is 7.44. The summed E-state index contributed by atoms with van der Waals surface area (Å²) >= 11 is 0. The number of rotatable bonds is 4. The van der Waals surface area contributed by atoms with Gasteiger partial charge in [-0.1, -0.05) is 0 Å². The third-order valence-corrected chi connectivity index (χ3v) is 4.74. The third-order valence-electron chi connectivity index (χ3n) is 4.74. The molecule has 1 amide bonds. The first-order chi connectivity index (χ1) is 14.8. The van der Waals surface area contributed by atoms with Gasteiger partial charge in [0, 0.05) is 44.3 Å². The Bertz CT molecular complexity index is 1080. The summed E-state index contributed by atoms with van der Waals surface area (Å²) in [6, 6.07) is 1.89. The summed E-state index contributed by atoms with van der Waals surface area (Å²) in [4.78, 5) is 27.7. The molecule has 3 aromatic heterocycles. The summed E-state index contributed by atoms with van der Waals surface area (Å²) in [5.41, 5.74) is 2.53. The molecule has 0 aromatic carbocycles. The number of hydrogen-bond donors (Lipinski definition) is 1. The number of amides is 1. The van der Waals surface area contributed by atoms with Crippen LogP contribution in [0.1, 0.15) is 20.8 Å². The SMILES string of the molecule is Cn1cc(-c2cc3nccnc3c(NCC3CN(C(=O)OC(C)(C)C)CCO3)n2)cn1. The summed E-state index contributed by atoms with van der Waals surface area (Å²) < 4.78 is 13.1. The van der Waals surface area contributed by atoms with Crippen molar-refractivity contribution in [2.45, 2.75) is 32.5 Å². The maximum absolute atomic E-state index is 12.4. The second-order valence-electron chi connectivity index (χ2n) is 8.48. The summed E-state index contributed by atoms with van der Waals surface area (Å²) in [5.74, 6) is 0.613. The van der Waals surface area contributed by atoms with Gasteiger partial charge in [-0.3, -0.25) is 9.67 Å². The highest BCUT2D eigenvalue weighted by molar-refractivity contribution is 5.88. The van der Waals surface area contributed by atoms with Gasteiger partial charge in [-0.25, -0.2) is 14.8 Å². The molecular weight excluding hydrogens is 398 g/mol. The van der Waals surface area contributed by atoms with Gasteiger partial charge in [0.25, 0.3) is 0 Å². The van der Waals surface area contributed by atoms with E-state index in [1.807, 2.05) is 40.1 Å². The molecule has 1 atom stereocenters. The van der Waals surface area contributed by atoms with Crippen molar-refractivity contribution in [1.29, 1.82) is 0 Å². The standard InChI is InChI=1S/C21H27N7O3/c1-21(2,3)31-20(29)28-7-8-30-15(13-28)11-24-19-18-17(22-5-6-23-18)9-16(26-19)14-10-25-27(4)12-14/h5-6,9-10,12,15H,7-8,11,13H2,1-4H3,(H,24,26). The summed E-state index contributed by atoms with van der Waals surface area (Å²) in [5, 5.41) is 7.56. The zero-order valence-corrected chi connectivity index (χ0v) is 18.2. The molecular formula is C21H27N7O3. The Morgan fingerprint density at radius 1 is 1.32 bits per heavy atom. The Morgan fingerprint density at radius 3 is 2.87 bits per heavy atom. The van der Waals surface area contributed by atoms with E-state index in [1.165, 1.54) is 0 Å². The Morgan fingerprint density at radius 2 is 2.13 bits per heavy atom. The fraction of sp³-hybridized carbons (Fsp3) is 0.476. The third kappa shape index (κ3) is 5.08. The molecule has 1 aliphatic rings. The predicted molar refractivity (Wildman–Crippen MR) is 116 cm³/mol. The fourth-order valence-electron chi connectivity index (χ4n) is 3.34. The zero-order valence-electron chi connectivity index (χ0n) is 18.2. The molecule has 1 fully saturated rings. The first-order valence-corrected chi connectivity index (χ1v) is 10.2. The number of aromatic nitrogens is 5. The molecule has 1 saturated heterocycles. The van der Waals surface area contributed by atoms with Crippen LogP contribution in [-0.4, -0.2) is 73.7 Å². The maximum Gasteiger partial charge on any atom is 0.410 e. The molecule has 0 bridgehead atoms. The molecule has 4 rings (SSSR count). The van der Waals surface area contributed by atoms with Crippen molar-refractivity contribution in [3.05, 3.63) is 30.9 Å². The molecule has 4 heterocycles. The Labute approximate surface area is 180 Å². The number of anilines is 1.